The number of hydrogen-bond acceptors (Lipinski definition) is 10. The molecule has 0 radical (unpaired) electrons. The predicted molar refractivity (Wildman–Crippen MR) is 139 cm³/mol. The molecule has 4 heterocycles. The minimum absolute atomic E-state index is 0.192. The topological polar surface area (TPSA) is 114 Å². The van der Waals surface area contributed by atoms with E-state index in [0.717, 1.165) is 27.9 Å². The Labute approximate surface area is 214 Å². The van der Waals surface area contributed by atoms with Crippen molar-refractivity contribution in [3.8, 4) is 10.6 Å². The lowest BCUT2D eigenvalue weighted by molar-refractivity contribution is 0.180. The van der Waals surface area contributed by atoms with E-state index in [1.807, 2.05) is 31.2 Å². The van der Waals surface area contributed by atoms with Crippen LogP contribution in [0.5, 0.6) is 0 Å². The highest BCUT2D eigenvalue weighted by Gasteiger charge is 2.31. The summed E-state index contributed by atoms with van der Waals surface area (Å²) in [6, 6.07) is 14.5. The molecule has 36 heavy (non-hydrogen) atoms. The van der Waals surface area contributed by atoms with Gasteiger partial charge in [0, 0.05) is 44.4 Å². The zero-order valence-electron chi connectivity index (χ0n) is 19.2. The second kappa shape index (κ2) is 9.09. The highest BCUT2D eigenvalue weighted by atomic mass is 32.2. The lowest BCUT2D eigenvalue weighted by Gasteiger charge is -2.33. The molecule has 2 aromatic carbocycles. The first-order valence-electron chi connectivity index (χ1n) is 11.3. The predicted octanol–water partition coefficient (Wildman–Crippen LogP) is 2.64. The maximum absolute atomic E-state index is 13.3. The van der Waals surface area contributed by atoms with Crippen molar-refractivity contribution in [2.45, 2.75) is 18.4 Å². The SMILES string of the molecule is Cc1ccccc1-c1nn2c(=O)cc(CN3CCN(S(=O)(=O)c4cccc5nsnc45)CC3)nc2s1. The van der Waals surface area contributed by atoms with Gasteiger partial charge in [0.1, 0.15) is 20.9 Å². The third-order valence-electron chi connectivity index (χ3n) is 6.26. The summed E-state index contributed by atoms with van der Waals surface area (Å²) < 4.78 is 37.7. The first-order valence-corrected chi connectivity index (χ1v) is 14.3. The van der Waals surface area contributed by atoms with E-state index in [-0.39, 0.29) is 10.5 Å². The molecule has 184 valence electrons. The minimum atomic E-state index is -3.68. The maximum Gasteiger partial charge on any atom is 0.275 e. The summed E-state index contributed by atoms with van der Waals surface area (Å²) in [5, 5.41) is 5.23. The zero-order chi connectivity index (χ0) is 24.9. The van der Waals surface area contributed by atoms with Crippen molar-refractivity contribution >= 4 is 49.1 Å². The number of nitrogens with zero attached hydrogens (tertiary/aromatic N) is 7. The fraction of sp³-hybridized carbons (Fsp3) is 0.261. The smallest absolute Gasteiger partial charge is 0.275 e. The molecule has 1 fully saturated rings. The van der Waals surface area contributed by atoms with E-state index < -0.39 is 10.0 Å². The van der Waals surface area contributed by atoms with Crippen molar-refractivity contribution in [1.82, 2.24) is 32.6 Å². The summed E-state index contributed by atoms with van der Waals surface area (Å²) in [5.41, 5.74) is 3.49. The monoisotopic (exact) mass is 539 g/mol. The van der Waals surface area contributed by atoms with Gasteiger partial charge in [-0.1, -0.05) is 41.7 Å². The quantitative estimate of drug-likeness (QED) is 0.335. The molecule has 0 bridgehead atoms. The number of benzene rings is 2. The summed E-state index contributed by atoms with van der Waals surface area (Å²) in [4.78, 5) is 20.3. The second-order valence-electron chi connectivity index (χ2n) is 8.57. The first kappa shape index (κ1) is 23.3. The van der Waals surface area contributed by atoms with Crippen molar-refractivity contribution in [3.63, 3.8) is 0 Å². The molecule has 3 aromatic heterocycles. The Morgan fingerprint density at radius 1 is 1.00 bits per heavy atom. The lowest BCUT2D eigenvalue weighted by Crippen LogP contribution is -2.48. The van der Waals surface area contributed by atoms with Gasteiger partial charge in [-0.15, -0.1) is 0 Å². The number of piperazine rings is 1. The molecule has 10 nitrogen and oxygen atoms in total. The van der Waals surface area contributed by atoms with Gasteiger partial charge in [-0.2, -0.15) is 22.7 Å². The molecule has 0 atom stereocenters. The molecule has 1 saturated heterocycles. The summed E-state index contributed by atoms with van der Waals surface area (Å²) in [6.07, 6.45) is 0. The van der Waals surface area contributed by atoms with E-state index in [2.05, 4.69) is 23.7 Å². The third-order valence-corrected chi connectivity index (χ3v) is 9.67. The molecule has 0 N–H and O–H groups in total. The van der Waals surface area contributed by atoms with Gasteiger partial charge in [-0.3, -0.25) is 9.69 Å². The molecule has 0 unspecified atom stereocenters. The Morgan fingerprint density at radius 3 is 2.61 bits per heavy atom. The van der Waals surface area contributed by atoms with Gasteiger partial charge in [0.05, 0.1) is 17.4 Å². The molecule has 13 heteroatoms. The van der Waals surface area contributed by atoms with Crippen molar-refractivity contribution in [2.75, 3.05) is 26.2 Å². The van der Waals surface area contributed by atoms with Crippen LogP contribution in [0.2, 0.25) is 0 Å². The highest BCUT2D eigenvalue weighted by Crippen LogP contribution is 2.28. The maximum atomic E-state index is 13.3. The number of aromatic nitrogens is 5. The molecule has 1 aliphatic rings. The zero-order valence-corrected chi connectivity index (χ0v) is 21.7. The van der Waals surface area contributed by atoms with Crippen molar-refractivity contribution < 1.29 is 8.42 Å². The molecular formula is C23H21N7O3S3. The van der Waals surface area contributed by atoms with Crippen LogP contribution in [-0.2, 0) is 16.6 Å². The molecule has 5 aromatic rings. The van der Waals surface area contributed by atoms with Crippen LogP contribution in [0, 0.1) is 6.92 Å². The van der Waals surface area contributed by atoms with Crippen LogP contribution in [0.1, 0.15) is 11.3 Å². The largest absolute Gasteiger partial charge is 0.295 e. The van der Waals surface area contributed by atoms with Crippen LogP contribution >= 0.6 is 23.1 Å². The van der Waals surface area contributed by atoms with Gasteiger partial charge in [0.2, 0.25) is 15.0 Å². The van der Waals surface area contributed by atoms with Crippen LogP contribution in [0.4, 0.5) is 0 Å². The molecule has 0 spiro atoms. The average Bonchev–Trinajstić information content (AvgIpc) is 3.52. The minimum Gasteiger partial charge on any atom is -0.295 e. The lowest BCUT2D eigenvalue weighted by atomic mass is 10.1. The van der Waals surface area contributed by atoms with Gasteiger partial charge in [0.15, 0.2) is 0 Å². The number of aryl methyl sites for hydroxylation is 1. The van der Waals surface area contributed by atoms with Gasteiger partial charge in [-0.05, 0) is 24.6 Å². The van der Waals surface area contributed by atoms with E-state index in [1.54, 1.807) is 18.2 Å². The third kappa shape index (κ3) is 4.12. The van der Waals surface area contributed by atoms with Crippen LogP contribution in [0.15, 0.2) is 58.2 Å². The normalized spacial score (nSPS) is 15.7. The van der Waals surface area contributed by atoms with Crippen LogP contribution in [0.3, 0.4) is 0 Å². The van der Waals surface area contributed by atoms with Gasteiger partial charge in [0.25, 0.3) is 5.56 Å². The molecule has 0 saturated carbocycles. The summed E-state index contributed by atoms with van der Waals surface area (Å²) >= 11 is 2.39. The molecule has 0 amide bonds. The van der Waals surface area contributed by atoms with Crippen molar-refractivity contribution in [3.05, 3.63) is 70.1 Å². The van der Waals surface area contributed by atoms with E-state index in [1.165, 1.54) is 26.2 Å². The van der Waals surface area contributed by atoms with Crippen LogP contribution < -0.4 is 5.56 Å². The summed E-state index contributed by atoms with van der Waals surface area (Å²) in [5.74, 6) is 0. The molecule has 0 aliphatic carbocycles. The average molecular weight is 540 g/mol. The standard InChI is InChI=1S/C23H21N7O3S3/c1-15-5-2-3-6-17(15)22-25-30-20(31)13-16(24-23(30)34-22)14-28-9-11-29(12-10-28)36(32,33)19-8-4-7-18-21(19)27-35-26-18/h2-8,13H,9-12,14H2,1H3. The van der Waals surface area contributed by atoms with Crippen LogP contribution in [0.25, 0.3) is 26.6 Å². The van der Waals surface area contributed by atoms with Gasteiger partial charge < -0.3 is 0 Å². The van der Waals surface area contributed by atoms with Crippen molar-refractivity contribution in [2.24, 2.45) is 0 Å². The van der Waals surface area contributed by atoms with E-state index in [0.29, 0.717) is 54.4 Å². The fourth-order valence-electron chi connectivity index (χ4n) is 4.34. The fourth-order valence-corrected chi connectivity index (χ4v) is 7.53. The van der Waals surface area contributed by atoms with Crippen LogP contribution in [-0.4, -0.2) is 67.1 Å². The van der Waals surface area contributed by atoms with Crippen molar-refractivity contribution in [1.29, 1.82) is 0 Å². The molecule has 1 aliphatic heterocycles. The Balaban J connectivity index is 1.19. The van der Waals surface area contributed by atoms with E-state index in [9.17, 15) is 13.2 Å². The van der Waals surface area contributed by atoms with Gasteiger partial charge >= 0.3 is 0 Å². The Kier molecular flexibility index (Phi) is 5.88. The van der Waals surface area contributed by atoms with E-state index >= 15 is 0 Å². The second-order valence-corrected chi connectivity index (χ2v) is 12.0. The Hall–Kier alpha value is -3.10. The number of hydrogen-bond donors (Lipinski definition) is 0. The van der Waals surface area contributed by atoms with E-state index in [4.69, 9.17) is 0 Å². The first-order chi connectivity index (χ1) is 17.4. The number of fused-ring (bicyclic) bond motifs is 2. The highest BCUT2D eigenvalue weighted by molar-refractivity contribution is 7.89. The molecule has 6 rings (SSSR count). The number of rotatable bonds is 5. The summed E-state index contributed by atoms with van der Waals surface area (Å²) in [7, 11) is -3.68. The Bertz CT molecular complexity index is 1750. The van der Waals surface area contributed by atoms with Gasteiger partial charge in [-0.25, -0.2) is 13.4 Å². The Morgan fingerprint density at radius 2 is 1.81 bits per heavy atom. The summed E-state index contributed by atoms with van der Waals surface area (Å²) in [6.45, 7) is 4.22. The molecular weight excluding hydrogens is 519 g/mol. The number of sulfonamides is 1.